The topological polar surface area (TPSA) is 204 Å². The van der Waals surface area contributed by atoms with Crippen molar-refractivity contribution in [2.45, 2.75) is 181 Å². The Bertz CT molecular complexity index is 1970. The summed E-state index contributed by atoms with van der Waals surface area (Å²) < 4.78 is 24.7. The highest BCUT2D eigenvalue weighted by Crippen LogP contribution is 2.76. The van der Waals surface area contributed by atoms with Crippen LogP contribution >= 0.6 is 0 Å². The zero-order valence-corrected chi connectivity index (χ0v) is 39.2. The van der Waals surface area contributed by atoms with Crippen molar-refractivity contribution in [2.75, 3.05) is 13.2 Å². The first-order valence-electron chi connectivity index (χ1n) is 23.9. The number of aryl methyl sites for hydroxylation is 1. The van der Waals surface area contributed by atoms with Gasteiger partial charge in [-0.15, -0.1) is 0 Å². The summed E-state index contributed by atoms with van der Waals surface area (Å²) in [6.45, 7) is 17.9. The largest absolute Gasteiger partial charge is 0.481 e. The van der Waals surface area contributed by atoms with Crippen LogP contribution in [0, 0.1) is 57.2 Å². The number of carboxylic acids is 1. The molecule has 6 fully saturated rings. The SMILES string of the molecule is Cc1ccc(/C=C/C(=O)N[C@H]2[C@H](O[C@H]3CC[C@]4(C)[C@H]5CC=C6[C@@H]7CC(C)(C)CC[C@]7(C(=O)O)CC[C@@]6(C)[C@]5(C)CC[C@H]4C3(C)C)O[C@H](CO[C@@H]3OC[C@H](O)[C@H](O)[C@H]3O)[C@@H](O)[C@@H]2O)cc1. The first kappa shape index (κ1) is 47.8. The van der Waals surface area contributed by atoms with Crippen molar-refractivity contribution in [1.82, 2.24) is 5.32 Å². The van der Waals surface area contributed by atoms with Gasteiger partial charge < -0.3 is 54.9 Å². The fourth-order valence-corrected chi connectivity index (χ4v) is 14.5. The van der Waals surface area contributed by atoms with Crippen LogP contribution in [0.4, 0.5) is 0 Å². The van der Waals surface area contributed by atoms with Crippen LogP contribution in [0.25, 0.3) is 6.08 Å². The lowest BCUT2D eigenvalue weighted by molar-refractivity contribution is -0.322. The van der Waals surface area contributed by atoms with E-state index in [1.807, 2.05) is 31.2 Å². The molecule has 13 heteroatoms. The number of rotatable bonds is 9. The van der Waals surface area contributed by atoms with E-state index in [0.29, 0.717) is 18.8 Å². The van der Waals surface area contributed by atoms with Gasteiger partial charge in [-0.05, 0) is 128 Å². The molecule has 1 aromatic rings. The number of benzene rings is 1. The quantitative estimate of drug-likeness (QED) is 0.0912. The molecule has 0 unspecified atom stereocenters. The Morgan fingerprint density at radius 2 is 1.53 bits per heavy atom. The second-order valence-electron chi connectivity index (χ2n) is 23.0. The van der Waals surface area contributed by atoms with Crippen LogP contribution in [-0.2, 0) is 28.5 Å². The van der Waals surface area contributed by atoms with Gasteiger partial charge in [-0.2, -0.15) is 0 Å². The Morgan fingerprint density at radius 3 is 2.23 bits per heavy atom. The average molecular weight is 894 g/mol. The minimum absolute atomic E-state index is 0.0243. The number of aliphatic carboxylic acids is 1. The molecule has 5 aliphatic carbocycles. The number of carbonyl (C=O) groups excluding carboxylic acids is 1. The summed E-state index contributed by atoms with van der Waals surface area (Å²) in [7, 11) is 0. The molecule has 64 heavy (non-hydrogen) atoms. The molecular weight excluding hydrogens is 819 g/mol. The van der Waals surface area contributed by atoms with E-state index in [4.69, 9.17) is 18.9 Å². The van der Waals surface area contributed by atoms with E-state index < -0.39 is 72.5 Å². The van der Waals surface area contributed by atoms with Crippen LogP contribution in [0.5, 0.6) is 0 Å². The van der Waals surface area contributed by atoms with E-state index >= 15 is 0 Å². The lowest BCUT2D eigenvalue weighted by Gasteiger charge is -2.71. The van der Waals surface area contributed by atoms with Crippen LogP contribution in [-0.4, -0.2) is 117 Å². The number of nitrogens with one attached hydrogen (secondary N) is 1. The lowest BCUT2D eigenvalue weighted by atomic mass is 9.33. The van der Waals surface area contributed by atoms with Gasteiger partial charge >= 0.3 is 5.97 Å². The first-order valence-corrected chi connectivity index (χ1v) is 23.9. The molecule has 2 saturated heterocycles. The monoisotopic (exact) mass is 894 g/mol. The van der Waals surface area contributed by atoms with Gasteiger partial charge in [0, 0.05) is 6.08 Å². The number of aliphatic hydroxyl groups is 5. The molecule has 13 nitrogen and oxygen atoms in total. The third-order valence-electron chi connectivity index (χ3n) is 18.7. The summed E-state index contributed by atoms with van der Waals surface area (Å²) in [5, 5.41) is 67.5. The maximum absolute atomic E-state index is 13.5. The van der Waals surface area contributed by atoms with Crippen LogP contribution < -0.4 is 5.32 Å². The van der Waals surface area contributed by atoms with Gasteiger partial charge in [-0.1, -0.05) is 89.9 Å². The van der Waals surface area contributed by atoms with Crippen LogP contribution in [0.2, 0.25) is 0 Å². The first-order chi connectivity index (χ1) is 30.0. The number of aliphatic hydroxyl groups excluding tert-OH is 5. The molecule has 2 heterocycles. The Hall–Kier alpha value is -2.72. The highest BCUT2D eigenvalue weighted by Gasteiger charge is 2.69. The Kier molecular flexibility index (Phi) is 12.8. The van der Waals surface area contributed by atoms with Gasteiger partial charge in [0.1, 0.15) is 42.7 Å². The molecular formula is C51H75NO12. The molecule has 7 aliphatic rings. The van der Waals surface area contributed by atoms with Gasteiger partial charge in [0.05, 0.1) is 24.7 Å². The number of ether oxygens (including phenoxy) is 4. The molecule has 1 aromatic carbocycles. The maximum atomic E-state index is 13.5. The minimum Gasteiger partial charge on any atom is -0.481 e. The normalized spacial score (nSPS) is 46.1. The molecule has 17 atom stereocenters. The summed E-state index contributed by atoms with van der Waals surface area (Å²) in [5.74, 6) is -0.465. The second kappa shape index (κ2) is 17.1. The number of amides is 1. The Balaban J connectivity index is 1.04. The van der Waals surface area contributed by atoms with Gasteiger partial charge in [0.2, 0.25) is 5.91 Å². The third kappa shape index (κ3) is 7.94. The predicted molar refractivity (Wildman–Crippen MR) is 238 cm³/mol. The number of carboxylic acid groups (broad SMARTS) is 1. The van der Waals surface area contributed by atoms with Gasteiger partial charge in [0.15, 0.2) is 12.6 Å². The van der Waals surface area contributed by atoms with E-state index in [1.54, 1.807) is 6.08 Å². The summed E-state index contributed by atoms with van der Waals surface area (Å²) in [6.07, 6.45) is 2.71. The standard InChI is InChI=1S/C51H75NO12/c1-28-9-11-29(12-10-28)13-16-37(54)52-38-41(57)40(56)33(27-62-44-42(58)39(55)32(53)26-61-44)63-43(38)64-36-18-19-48(6)34(47(36,4)5)17-20-50(8)35(48)15-14-30-31-25-46(2,3)21-23-51(31,45(59)60)24-22-49(30,50)7/h9-14,16,31-36,38-44,53,55-58H,15,17-27H2,1-8H3,(H,52,54)(H,59,60)/b16-13+/t31-,32-,33+,34-,35+,36-,38+,39-,40+,41+,42+,43-,44-,48-,49+,50+,51-/m0/s1. The van der Waals surface area contributed by atoms with Crippen LogP contribution in [0.1, 0.15) is 124 Å². The van der Waals surface area contributed by atoms with Crippen molar-refractivity contribution < 1.29 is 59.2 Å². The smallest absolute Gasteiger partial charge is 0.310 e. The van der Waals surface area contributed by atoms with Gasteiger partial charge in [-0.25, -0.2) is 0 Å². The van der Waals surface area contributed by atoms with Crippen molar-refractivity contribution in [2.24, 2.45) is 50.2 Å². The van der Waals surface area contributed by atoms with E-state index in [2.05, 4.69) is 59.9 Å². The van der Waals surface area contributed by atoms with E-state index in [-0.39, 0.29) is 58.2 Å². The molecule has 8 rings (SSSR count). The van der Waals surface area contributed by atoms with Crippen LogP contribution in [0.3, 0.4) is 0 Å². The number of allylic oxidation sites excluding steroid dienone is 2. The predicted octanol–water partition coefficient (Wildman–Crippen LogP) is 5.67. The number of hydrogen-bond acceptors (Lipinski definition) is 11. The van der Waals surface area contributed by atoms with E-state index in [1.165, 1.54) is 11.6 Å². The maximum Gasteiger partial charge on any atom is 0.310 e. The fraction of sp³-hybridized carbons (Fsp3) is 0.765. The number of carbonyl (C=O) groups is 2. The lowest BCUT2D eigenvalue weighted by Crippen LogP contribution is -2.67. The van der Waals surface area contributed by atoms with E-state index in [0.717, 1.165) is 62.5 Å². The highest BCUT2D eigenvalue weighted by atomic mass is 16.7. The zero-order valence-electron chi connectivity index (χ0n) is 39.2. The van der Waals surface area contributed by atoms with Crippen molar-refractivity contribution in [1.29, 1.82) is 0 Å². The van der Waals surface area contributed by atoms with Crippen molar-refractivity contribution >= 4 is 18.0 Å². The van der Waals surface area contributed by atoms with E-state index in [9.17, 15) is 40.2 Å². The summed E-state index contributed by atoms with van der Waals surface area (Å²) in [6, 6.07) is 6.53. The number of fused-ring (bicyclic) bond motifs is 7. The molecule has 4 saturated carbocycles. The summed E-state index contributed by atoms with van der Waals surface area (Å²) >= 11 is 0. The van der Waals surface area contributed by atoms with Crippen molar-refractivity contribution in [3.8, 4) is 0 Å². The molecule has 7 N–H and O–H groups in total. The van der Waals surface area contributed by atoms with Gasteiger partial charge in [0.25, 0.3) is 0 Å². The average Bonchev–Trinajstić information content (AvgIpc) is 3.23. The highest BCUT2D eigenvalue weighted by molar-refractivity contribution is 5.92. The molecule has 0 bridgehead atoms. The molecule has 356 valence electrons. The third-order valence-corrected chi connectivity index (χ3v) is 18.7. The summed E-state index contributed by atoms with van der Waals surface area (Å²) in [5.41, 5.74) is 2.14. The van der Waals surface area contributed by atoms with Gasteiger partial charge in [-0.3, -0.25) is 9.59 Å². The summed E-state index contributed by atoms with van der Waals surface area (Å²) in [4.78, 5) is 26.7. The Morgan fingerprint density at radius 1 is 0.828 bits per heavy atom. The molecule has 1 amide bonds. The Labute approximate surface area is 379 Å². The fourth-order valence-electron chi connectivity index (χ4n) is 14.5. The van der Waals surface area contributed by atoms with Crippen LogP contribution in [0.15, 0.2) is 42.0 Å². The number of hydrogen-bond donors (Lipinski definition) is 7. The minimum atomic E-state index is -1.56. The molecule has 0 spiro atoms. The second-order valence-corrected chi connectivity index (χ2v) is 23.0. The molecule has 0 aromatic heterocycles. The van der Waals surface area contributed by atoms with Crippen molar-refractivity contribution in [3.05, 3.63) is 53.1 Å². The molecule has 2 aliphatic heterocycles. The van der Waals surface area contributed by atoms with Crippen molar-refractivity contribution in [3.63, 3.8) is 0 Å². The molecule has 0 radical (unpaired) electrons. The zero-order chi connectivity index (χ0) is 46.4.